The normalized spacial score (nSPS) is 17.9. The first-order valence-electron chi connectivity index (χ1n) is 5.32. The lowest BCUT2D eigenvalue weighted by Gasteiger charge is -2.37. The number of hydrogen-bond acceptors (Lipinski definition) is 3. The van der Waals surface area contributed by atoms with Gasteiger partial charge in [0.15, 0.2) is 0 Å². The molecule has 2 rings (SSSR count). The van der Waals surface area contributed by atoms with E-state index in [9.17, 15) is 9.18 Å². The predicted molar refractivity (Wildman–Crippen MR) is 56.6 cm³/mol. The number of alkyl halides is 1. The molecule has 1 aliphatic carbocycles. The maximum Gasteiger partial charge on any atom is 0.248 e. The maximum absolute atomic E-state index is 12.8. The summed E-state index contributed by atoms with van der Waals surface area (Å²) in [6.07, 6.45) is 2.13. The van der Waals surface area contributed by atoms with Crippen LogP contribution in [0, 0.1) is 12.3 Å². The van der Waals surface area contributed by atoms with Gasteiger partial charge in [-0.25, -0.2) is 4.39 Å². The number of carbonyl (C=O) groups excluding carboxylic acids is 1. The fourth-order valence-corrected chi connectivity index (χ4v) is 1.77. The molecule has 0 bridgehead atoms. The molecule has 1 fully saturated rings. The Bertz CT molecular complexity index is 386. The molecule has 16 heavy (non-hydrogen) atoms. The first kappa shape index (κ1) is 11.0. The Balaban J connectivity index is 2.07. The minimum atomic E-state index is -0.826. The molecule has 0 unspecified atom stereocenters. The molecule has 1 aliphatic rings. The lowest BCUT2D eigenvalue weighted by molar-refractivity contribution is -0.131. The summed E-state index contributed by atoms with van der Waals surface area (Å²) in [5.74, 6) is 0.662. The number of hydrogen-bond donors (Lipinski definition) is 1. The van der Waals surface area contributed by atoms with E-state index < -0.39 is 12.1 Å². The molecule has 1 heterocycles. The Kier molecular flexibility index (Phi) is 2.65. The van der Waals surface area contributed by atoms with Gasteiger partial charge in [0.2, 0.25) is 11.9 Å². The molecule has 1 saturated carbocycles. The maximum atomic E-state index is 12.8. The summed E-state index contributed by atoms with van der Waals surface area (Å²) in [5, 5.41) is 6.58. The van der Waals surface area contributed by atoms with E-state index in [1.807, 2.05) is 0 Å². The molecule has 6 heteroatoms. The van der Waals surface area contributed by atoms with Gasteiger partial charge in [0.1, 0.15) is 12.5 Å². The van der Waals surface area contributed by atoms with Crippen molar-refractivity contribution in [2.24, 2.45) is 12.5 Å². The quantitative estimate of drug-likeness (QED) is 0.842. The van der Waals surface area contributed by atoms with Gasteiger partial charge in [-0.05, 0) is 19.8 Å². The number of anilines is 1. The molecule has 0 spiro atoms. The van der Waals surface area contributed by atoms with Crippen molar-refractivity contribution in [2.45, 2.75) is 26.2 Å². The van der Waals surface area contributed by atoms with E-state index in [-0.39, 0.29) is 11.9 Å². The van der Waals surface area contributed by atoms with Gasteiger partial charge in [-0.15, -0.1) is 5.10 Å². The molecule has 0 atom stereocenters. The lowest BCUT2D eigenvalue weighted by atomic mass is 9.69. The van der Waals surface area contributed by atoms with E-state index in [4.69, 9.17) is 0 Å². The van der Waals surface area contributed by atoms with Crippen molar-refractivity contribution in [1.82, 2.24) is 14.8 Å². The van der Waals surface area contributed by atoms with Crippen LogP contribution in [0.15, 0.2) is 0 Å². The summed E-state index contributed by atoms with van der Waals surface area (Å²) in [5.41, 5.74) is -0.826. The predicted octanol–water partition coefficient (Wildman–Crippen LogP) is 1.20. The van der Waals surface area contributed by atoms with Crippen LogP contribution in [0.4, 0.5) is 10.3 Å². The van der Waals surface area contributed by atoms with Gasteiger partial charge in [-0.2, -0.15) is 4.98 Å². The molecule has 1 amide bonds. The highest BCUT2D eigenvalue weighted by Crippen LogP contribution is 2.42. The number of rotatable bonds is 3. The average Bonchev–Trinajstić information content (AvgIpc) is 2.44. The SMILES string of the molecule is Cc1nc(NC(=O)C2(CF)CCC2)nn1C. The van der Waals surface area contributed by atoms with Crippen LogP contribution in [-0.2, 0) is 11.8 Å². The number of carbonyl (C=O) groups is 1. The number of aromatic nitrogens is 3. The summed E-state index contributed by atoms with van der Waals surface area (Å²) in [6, 6.07) is 0. The third-order valence-corrected chi connectivity index (χ3v) is 3.25. The minimum absolute atomic E-state index is 0.254. The second kappa shape index (κ2) is 3.84. The van der Waals surface area contributed by atoms with Gasteiger partial charge in [0, 0.05) is 7.05 Å². The standard InChI is InChI=1S/C10H15FN4O/c1-7-12-9(14-15(7)2)13-8(16)10(6-11)4-3-5-10/h3-6H2,1-2H3,(H,13,14,16). The van der Waals surface area contributed by atoms with Crippen LogP contribution < -0.4 is 5.32 Å². The molecule has 0 aromatic carbocycles. The van der Waals surface area contributed by atoms with Gasteiger partial charge in [-0.3, -0.25) is 14.8 Å². The highest BCUT2D eigenvalue weighted by Gasteiger charge is 2.44. The van der Waals surface area contributed by atoms with Gasteiger partial charge in [0.25, 0.3) is 0 Å². The third-order valence-electron chi connectivity index (χ3n) is 3.25. The minimum Gasteiger partial charge on any atom is -0.293 e. The second-order valence-electron chi connectivity index (χ2n) is 4.33. The molecule has 1 N–H and O–H groups in total. The smallest absolute Gasteiger partial charge is 0.248 e. The zero-order valence-electron chi connectivity index (χ0n) is 9.46. The van der Waals surface area contributed by atoms with Crippen molar-refractivity contribution in [1.29, 1.82) is 0 Å². The Morgan fingerprint density at radius 3 is 2.69 bits per heavy atom. The van der Waals surface area contributed by atoms with Crippen LogP contribution in [-0.4, -0.2) is 27.3 Å². The Labute approximate surface area is 93.0 Å². The van der Waals surface area contributed by atoms with Crippen LogP contribution in [0.5, 0.6) is 0 Å². The van der Waals surface area contributed by atoms with Crippen LogP contribution in [0.1, 0.15) is 25.1 Å². The summed E-state index contributed by atoms with van der Waals surface area (Å²) in [4.78, 5) is 15.9. The number of nitrogens with zero attached hydrogens (tertiary/aromatic N) is 3. The van der Waals surface area contributed by atoms with E-state index in [0.717, 1.165) is 6.42 Å². The van der Waals surface area contributed by atoms with E-state index in [0.29, 0.717) is 18.7 Å². The molecule has 88 valence electrons. The first-order chi connectivity index (χ1) is 7.57. The third kappa shape index (κ3) is 1.68. The van der Waals surface area contributed by atoms with Crippen LogP contribution in [0.25, 0.3) is 0 Å². The Hall–Kier alpha value is -1.46. The number of amides is 1. The van der Waals surface area contributed by atoms with E-state index in [1.165, 1.54) is 0 Å². The van der Waals surface area contributed by atoms with Crippen LogP contribution >= 0.6 is 0 Å². The summed E-state index contributed by atoms with van der Waals surface area (Å²) < 4.78 is 14.4. The average molecular weight is 226 g/mol. The number of aryl methyl sites for hydroxylation is 2. The molecular weight excluding hydrogens is 211 g/mol. The fraction of sp³-hybridized carbons (Fsp3) is 0.700. The van der Waals surface area contributed by atoms with Crippen molar-refractivity contribution in [3.8, 4) is 0 Å². The molecule has 5 nitrogen and oxygen atoms in total. The molecule has 0 radical (unpaired) electrons. The van der Waals surface area contributed by atoms with Crippen LogP contribution in [0.3, 0.4) is 0 Å². The number of nitrogens with one attached hydrogen (secondary N) is 1. The largest absolute Gasteiger partial charge is 0.293 e. The topological polar surface area (TPSA) is 59.8 Å². The zero-order valence-corrected chi connectivity index (χ0v) is 9.46. The highest BCUT2D eigenvalue weighted by molar-refractivity contribution is 5.94. The highest BCUT2D eigenvalue weighted by atomic mass is 19.1. The molecule has 1 aromatic heterocycles. The van der Waals surface area contributed by atoms with E-state index in [2.05, 4.69) is 15.4 Å². The monoisotopic (exact) mass is 226 g/mol. The van der Waals surface area contributed by atoms with Gasteiger partial charge in [-0.1, -0.05) is 6.42 Å². The molecule has 1 aromatic rings. The summed E-state index contributed by atoms with van der Waals surface area (Å²) >= 11 is 0. The first-order valence-corrected chi connectivity index (χ1v) is 5.32. The van der Waals surface area contributed by atoms with E-state index in [1.54, 1.807) is 18.7 Å². The number of halogens is 1. The summed E-state index contributed by atoms with van der Waals surface area (Å²) in [7, 11) is 1.74. The summed E-state index contributed by atoms with van der Waals surface area (Å²) in [6.45, 7) is 1.18. The zero-order chi connectivity index (χ0) is 11.8. The van der Waals surface area contributed by atoms with Gasteiger partial charge < -0.3 is 0 Å². The molecule has 0 aliphatic heterocycles. The van der Waals surface area contributed by atoms with Crippen molar-refractivity contribution in [3.05, 3.63) is 5.82 Å². The second-order valence-corrected chi connectivity index (χ2v) is 4.33. The molecular formula is C10H15FN4O. The Morgan fingerprint density at radius 1 is 1.62 bits per heavy atom. The fourth-order valence-electron chi connectivity index (χ4n) is 1.77. The Morgan fingerprint density at radius 2 is 2.31 bits per heavy atom. The van der Waals surface area contributed by atoms with E-state index >= 15 is 0 Å². The van der Waals surface area contributed by atoms with Crippen molar-refractivity contribution in [3.63, 3.8) is 0 Å². The van der Waals surface area contributed by atoms with Crippen molar-refractivity contribution >= 4 is 11.9 Å². The van der Waals surface area contributed by atoms with Gasteiger partial charge >= 0.3 is 0 Å². The van der Waals surface area contributed by atoms with Crippen molar-refractivity contribution < 1.29 is 9.18 Å². The van der Waals surface area contributed by atoms with Crippen molar-refractivity contribution in [2.75, 3.05) is 12.0 Å². The lowest BCUT2D eigenvalue weighted by Crippen LogP contribution is -2.43. The van der Waals surface area contributed by atoms with Gasteiger partial charge in [0.05, 0.1) is 5.41 Å². The van der Waals surface area contributed by atoms with Crippen LogP contribution in [0.2, 0.25) is 0 Å². The molecule has 0 saturated heterocycles.